The molecule has 1 aromatic rings. The molecule has 2 aliphatic heterocycles. The lowest BCUT2D eigenvalue weighted by Gasteiger charge is -2.32. The van der Waals surface area contributed by atoms with Gasteiger partial charge in [0.15, 0.2) is 0 Å². The van der Waals surface area contributed by atoms with E-state index in [4.69, 9.17) is 0 Å². The molecule has 2 saturated heterocycles. The van der Waals surface area contributed by atoms with Crippen LogP contribution in [0.1, 0.15) is 56.9 Å². The molecule has 2 aliphatic rings. The van der Waals surface area contributed by atoms with E-state index in [1.807, 2.05) is 11.0 Å². The molecule has 2 N–H and O–H groups in total. The first-order valence-corrected chi connectivity index (χ1v) is 9.60. The molecule has 1 aromatic carbocycles. The number of hydrogen-bond acceptors (Lipinski definition) is 2. The summed E-state index contributed by atoms with van der Waals surface area (Å²) in [5.74, 6) is 0.300. The minimum absolute atomic E-state index is 0.0447. The predicted octanol–water partition coefficient (Wildman–Crippen LogP) is 3.02. The third-order valence-corrected chi connectivity index (χ3v) is 5.53. The number of rotatable bonds is 4. The van der Waals surface area contributed by atoms with Crippen molar-refractivity contribution in [3.8, 4) is 0 Å². The summed E-state index contributed by atoms with van der Waals surface area (Å²) < 4.78 is 0. The molecule has 2 fully saturated rings. The largest absolute Gasteiger partial charge is 0.354 e. The minimum Gasteiger partial charge on any atom is -0.354 e. The summed E-state index contributed by atoms with van der Waals surface area (Å²) in [5, 5.41) is 5.88. The minimum atomic E-state index is -0.395. The zero-order valence-electron chi connectivity index (χ0n) is 15.0. The summed E-state index contributed by atoms with van der Waals surface area (Å²) >= 11 is 0. The van der Waals surface area contributed by atoms with Crippen molar-refractivity contribution in [3.63, 3.8) is 0 Å². The summed E-state index contributed by atoms with van der Waals surface area (Å²) in [6, 6.07) is 10.2. The van der Waals surface area contributed by atoms with Crippen LogP contribution >= 0.6 is 0 Å². The number of nitrogens with one attached hydrogen (secondary N) is 2. The van der Waals surface area contributed by atoms with Crippen molar-refractivity contribution in [1.29, 1.82) is 0 Å². The first-order chi connectivity index (χ1) is 12.2. The second-order valence-electron chi connectivity index (χ2n) is 7.12. The Balaban J connectivity index is 1.69. The van der Waals surface area contributed by atoms with Gasteiger partial charge in [0.1, 0.15) is 6.04 Å². The molecule has 3 atom stereocenters. The van der Waals surface area contributed by atoms with Gasteiger partial charge < -0.3 is 15.5 Å². The fourth-order valence-corrected chi connectivity index (χ4v) is 4.20. The van der Waals surface area contributed by atoms with Gasteiger partial charge in [-0.1, -0.05) is 37.3 Å². The molecule has 0 spiro atoms. The SMILES string of the molecule is CCC(c1ccccc1)C1CCCN1C(=O)NC1CCCCNC1=O. The highest BCUT2D eigenvalue weighted by Crippen LogP contribution is 2.33. The quantitative estimate of drug-likeness (QED) is 0.883. The summed E-state index contributed by atoms with van der Waals surface area (Å²) in [6.07, 6.45) is 5.73. The Morgan fingerprint density at radius 1 is 1.24 bits per heavy atom. The van der Waals surface area contributed by atoms with Gasteiger partial charge in [0.25, 0.3) is 0 Å². The normalized spacial score (nSPS) is 25.2. The molecule has 0 bridgehead atoms. The summed E-state index contributed by atoms with van der Waals surface area (Å²) in [6.45, 7) is 3.67. The highest BCUT2D eigenvalue weighted by Gasteiger charge is 2.36. The van der Waals surface area contributed by atoms with E-state index in [0.717, 1.165) is 45.1 Å². The Bertz CT molecular complexity index is 590. The van der Waals surface area contributed by atoms with E-state index >= 15 is 0 Å². The van der Waals surface area contributed by atoms with Crippen molar-refractivity contribution in [1.82, 2.24) is 15.5 Å². The Hall–Kier alpha value is -2.04. The van der Waals surface area contributed by atoms with Gasteiger partial charge in [-0.2, -0.15) is 0 Å². The highest BCUT2D eigenvalue weighted by molar-refractivity contribution is 5.87. The van der Waals surface area contributed by atoms with Crippen molar-refractivity contribution < 1.29 is 9.59 Å². The smallest absolute Gasteiger partial charge is 0.318 e. The van der Waals surface area contributed by atoms with Crippen molar-refractivity contribution in [2.75, 3.05) is 13.1 Å². The molecular formula is C20H29N3O2. The number of carbonyl (C=O) groups excluding carboxylic acids is 2. The zero-order valence-corrected chi connectivity index (χ0v) is 15.0. The van der Waals surface area contributed by atoms with E-state index < -0.39 is 6.04 Å². The second kappa shape index (κ2) is 8.37. The molecule has 3 rings (SSSR count). The summed E-state index contributed by atoms with van der Waals surface area (Å²) in [7, 11) is 0. The first kappa shape index (κ1) is 17.8. The Morgan fingerprint density at radius 3 is 2.80 bits per heavy atom. The number of urea groups is 1. The number of nitrogens with zero attached hydrogens (tertiary/aromatic N) is 1. The molecule has 25 heavy (non-hydrogen) atoms. The van der Waals surface area contributed by atoms with Crippen LogP contribution in [0.5, 0.6) is 0 Å². The maximum absolute atomic E-state index is 12.9. The van der Waals surface area contributed by atoms with Crippen molar-refractivity contribution >= 4 is 11.9 Å². The Kier molecular flexibility index (Phi) is 5.95. The molecule has 136 valence electrons. The van der Waals surface area contributed by atoms with Gasteiger partial charge in [-0.15, -0.1) is 0 Å². The first-order valence-electron chi connectivity index (χ1n) is 9.60. The molecular weight excluding hydrogens is 314 g/mol. The summed E-state index contributed by atoms with van der Waals surface area (Å²) in [5.41, 5.74) is 1.29. The van der Waals surface area contributed by atoms with Gasteiger partial charge >= 0.3 is 6.03 Å². The van der Waals surface area contributed by atoms with Crippen LogP contribution < -0.4 is 10.6 Å². The van der Waals surface area contributed by atoms with E-state index in [0.29, 0.717) is 12.5 Å². The third kappa shape index (κ3) is 4.14. The molecule has 0 radical (unpaired) electrons. The summed E-state index contributed by atoms with van der Waals surface area (Å²) in [4.78, 5) is 26.9. The average Bonchev–Trinajstić information content (AvgIpc) is 3.02. The predicted molar refractivity (Wildman–Crippen MR) is 98.4 cm³/mol. The molecule has 2 heterocycles. The third-order valence-electron chi connectivity index (χ3n) is 5.53. The van der Waals surface area contributed by atoms with Crippen LogP contribution in [-0.2, 0) is 4.79 Å². The van der Waals surface area contributed by atoms with Crippen molar-refractivity contribution in [3.05, 3.63) is 35.9 Å². The molecule has 0 aliphatic carbocycles. The van der Waals surface area contributed by atoms with Gasteiger partial charge in [-0.3, -0.25) is 4.79 Å². The second-order valence-corrected chi connectivity index (χ2v) is 7.12. The van der Waals surface area contributed by atoms with Gasteiger partial charge in [0.05, 0.1) is 0 Å². The van der Waals surface area contributed by atoms with Gasteiger partial charge in [-0.05, 0) is 44.1 Å². The lowest BCUT2D eigenvalue weighted by Crippen LogP contribution is -2.52. The van der Waals surface area contributed by atoms with Crippen LogP contribution in [-0.4, -0.2) is 42.0 Å². The number of hydrogen-bond donors (Lipinski definition) is 2. The molecule has 3 unspecified atom stereocenters. The van der Waals surface area contributed by atoms with Crippen molar-refractivity contribution in [2.24, 2.45) is 0 Å². The van der Waals surface area contributed by atoms with Crippen molar-refractivity contribution in [2.45, 2.75) is 63.5 Å². The fourth-order valence-electron chi connectivity index (χ4n) is 4.20. The standard InChI is InChI=1S/C20H29N3O2/c1-2-16(15-9-4-3-5-10-15)18-12-8-14-23(18)20(25)22-17-11-6-7-13-21-19(17)24/h3-5,9-10,16-18H,2,6-8,11-14H2,1H3,(H,21,24)(H,22,25). The zero-order chi connectivity index (χ0) is 17.6. The van der Waals surface area contributed by atoms with Crippen LogP contribution in [0, 0.1) is 0 Å². The molecule has 3 amide bonds. The van der Waals surface area contributed by atoms with Crippen LogP contribution in [0.2, 0.25) is 0 Å². The number of amides is 3. The van der Waals surface area contributed by atoms with E-state index in [-0.39, 0.29) is 18.0 Å². The lowest BCUT2D eigenvalue weighted by atomic mass is 9.88. The van der Waals surface area contributed by atoms with Gasteiger partial charge in [-0.25, -0.2) is 4.79 Å². The monoisotopic (exact) mass is 343 g/mol. The number of benzene rings is 1. The molecule has 0 aromatic heterocycles. The van der Waals surface area contributed by atoms with Crippen LogP contribution in [0.25, 0.3) is 0 Å². The van der Waals surface area contributed by atoms with E-state index in [1.54, 1.807) is 0 Å². The van der Waals surface area contributed by atoms with E-state index in [9.17, 15) is 9.59 Å². The maximum atomic E-state index is 12.9. The lowest BCUT2D eigenvalue weighted by molar-refractivity contribution is -0.122. The van der Waals surface area contributed by atoms with E-state index in [1.165, 1.54) is 5.56 Å². The maximum Gasteiger partial charge on any atom is 0.318 e. The van der Waals surface area contributed by atoms with Crippen LogP contribution in [0.3, 0.4) is 0 Å². The Morgan fingerprint density at radius 2 is 2.04 bits per heavy atom. The molecule has 5 nitrogen and oxygen atoms in total. The fraction of sp³-hybridized carbons (Fsp3) is 0.600. The number of likely N-dealkylation sites (tertiary alicyclic amines) is 1. The van der Waals surface area contributed by atoms with Gasteiger partial charge in [0.2, 0.25) is 5.91 Å². The van der Waals surface area contributed by atoms with Crippen LogP contribution in [0.15, 0.2) is 30.3 Å². The molecule has 5 heteroatoms. The van der Waals surface area contributed by atoms with Crippen LogP contribution in [0.4, 0.5) is 4.79 Å². The highest BCUT2D eigenvalue weighted by atomic mass is 16.2. The number of carbonyl (C=O) groups is 2. The average molecular weight is 343 g/mol. The topological polar surface area (TPSA) is 61.4 Å². The van der Waals surface area contributed by atoms with E-state index in [2.05, 4.69) is 41.8 Å². The Labute approximate surface area is 150 Å². The van der Waals surface area contributed by atoms with Gasteiger partial charge in [0, 0.05) is 25.0 Å². The molecule has 0 saturated carbocycles.